The van der Waals surface area contributed by atoms with Gasteiger partial charge in [-0.3, -0.25) is 9.37 Å². The molecule has 0 spiro atoms. The van der Waals surface area contributed by atoms with Crippen molar-refractivity contribution in [2.24, 2.45) is 0 Å². The van der Waals surface area contributed by atoms with E-state index in [2.05, 4.69) is 62.6 Å². The molecule has 0 unspecified atom stereocenters. The third-order valence-electron chi connectivity index (χ3n) is 6.81. The predicted molar refractivity (Wildman–Crippen MR) is 146 cm³/mol. The number of rotatable bonds is 4. The Labute approximate surface area is 232 Å². The Morgan fingerprint density at radius 2 is 1.59 bits per heavy atom. The number of hydrogen-bond acceptors (Lipinski definition) is 2. The average molecular weight is 688 g/mol. The van der Waals surface area contributed by atoms with Crippen LogP contribution in [0, 0.1) is 17.7 Å². The van der Waals surface area contributed by atoms with Gasteiger partial charge >= 0.3 is 0 Å². The van der Waals surface area contributed by atoms with E-state index in [1.165, 1.54) is 40.7 Å². The molecule has 0 aliphatic heterocycles. The molecule has 0 atom stereocenters. The van der Waals surface area contributed by atoms with Gasteiger partial charge in [0, 0.05) is 36.3 Å². The van der Waals surface area contributed by atoms with Crippen LogP contribution in [0.5, 0.6) is 0 Å². The van der Waals surface area contributed by atoms with Gasteiger partial charge in [-0.2, -0.15) is 11.3 Å². The van der Waals surface area contributed by atoms with E-state index in [0.717, 1.165) is 27.0 Å². The standard InChI is InChI=1S/C31H25F2N2S.Ir/c1-17(2)20-8-7-9-21(18(3)4)29(20)35-26-11-6-5-10-25(26)34-31(35)23-14-15-24(33)28-22-13-12-19(32)16-27(22)36-30(23)28;/h5-13,15-18H,1-4H3;/q-1;. The molecule has 0 amide bonds. The fraction of sp³-hybridized carbons (Fsp3) is 0.194. The molecule has 0 aliphatic rings. The molecule has 0 N–H and O–H groups in total. The summed E-state index contributed by atoms with van der Waals surface area (Å²) in [6.45, 7) is 8.80. The van der Waals surface area contributed by atoms with Gasteiger partial charge in [-0.25, -0.2) is 4.39 Å². The van der Waals surface area contributed by atoms with Gasteiger partial charge in [0.15, 0.2) is 0 Å². The summed E-state index contributed by atoms with van der Waals surface area (Å²) in [6, 6.07) is 23.6. The van der Waals surface area contributed by atoms with Gasteiger partial charge in [-0.1, -0.05) is 69.7 Å². The molecule has 6 rings (SSSR count). The molecule has 0 fully saturated rings. The van der Waals surface area contributed by atoms with E-state index < -0.39 is 0 Å². The van der Waals surface area contributed by atoms with Crippen molar-refractivity contribution in [2.75, 3.05) is 0 Å². The Kier molecular flexibility index (Phi) is 6.78. The van der Waals surface area contributed by atoms with E-state index >= 15 is 4.39 Å². The maximum atomic E-state index is 15.2. The summed E-state index contributed by atoms with van der Waals surface area (Å²) in [4.78, 5) is 5.07. The number of halogens is 2. The second-order valence-corrected chi connectivity index (χ2v) is 10.9. The van der Waals surface area contributed by atoms with Crippen molar-refractivity contribution < 1.29 is 28.9 Å². The fourth-order valence-corrected chi connectivity index (χ4v) is 6.35. The molecular weight excluding hydrogens is 663 g/mol. The molecule has 0 aliphatic carbocycles. The number of hydrogen-bond donors (Lipinski definition) is 0. The second-order valence-electron chi connectivity index (χ2n) is 9.81. The molecule has 4 aromatic carbocycles. The average Bonchev–Trinajstić information content (AvgIpc) is 3.42. The van der Waals surface area contributed by atoms with Gasteiger partial charge in [0.2, 0.25) is 0 Å². The van der Waals surface area contributed by atoms with E-state index in [1.54, 1.807) is 6.07 Å². The number of benzene rings is 4. The quantitative estimate of drug-likeness (QED) is 0.169. The molecule has 0 saturated carbocycles. The van der Waals surface area contributed by atoms with Crippen molar-refractivity contribution in [1.82, 2.24) is 9.55 Å². The van der Waals surface area contributed by atoms with Crippen LogP contribution >= 0.6 is 11.3 Å². The Morgan fingerprint density at radius 1 is 0.892 bits per heavy atom. The zero-order chi connectivity index (χ0) is 25.1. The Bertz CT molecular complexity index is 1760. The minimum Gasteiger partial charge on any atom is -0.333 e. The van der Waals surface area contributed by atoms with Gasteiger partial charge in [0.05, 0.1) is 16.9 Å². The van der Waals surface area contributed by atoms with Crippen LogP contribution in [0.4, 0.5) is 8.78 Å². The number of aromatic nitrogens is 2. The number of fused-ring (bicyclic) bond motifs is 4. The summed E-state index contributed by atoms with van der Waals surface area (Å²) in [5, 5.41) is 1.20. The first-order valence-electron chi connectivity index (χ1n) is 12.2. The van der Waals surface area contributed by atoms with Crippen molar-refractivity contribution in [3.8, 4) is 17.1 Å². The third-order valence-corrected chi connectivity index (χ3v) is 7.98. The maximum Gasteiger partial charge on any atom is 0.124 e. The summed E-state index contributed by atoms with van der Waals surface area (Å²) in [5.41, 5.74) is 6.13. The van der Waals surface area contributed by atoms with E-state index in [0.29, 0.717) is 21.3 Å². The first kappa shape index (κ1) is 25.7. The largest absolute Gasteiger partial charge is 0.333 e. The molecule has 37 heavy (non-hydrogen) atoms. The first-order chi connectivity index (χ1) is 17.3. The van der Waals surface area contributed by atoms with E-state index in [4.69, 9.17) is 4.98 Å². The molecule has 0 bridgehead atoms. The molecule has 2 heterocycles. The smallest absolute Gasteiger partial charge is 0.124 e. The molecule has 2 nitrogen and oxygen atoms in total. The van der Waals surface area contributed by atoms with Crippen molar-refractivity contribution >= 4 is 42.5 Å². The van der Waals surface area contributed by atoms with Crippen LogP contribution in [-0.2, 0) is 20.1 Å². The number of para-hydroxylation sites is 3. The molecule has 189 valence electrons. The normalized spacial score (nSPS) is 11.8. The zero-order valence-corrected chi connectivity index (χ0v) is 24.1. The van der Waals surface area contributed by atoms with E-state index in [-0.39, 0.29) is 43.6 Å². The summed E-state index contributed by atoms with van der Waals surface area (Å²) in [6.07, 6.45) is 0. The van der Waals surface area contributed by atoms with Crippen molar-refractivity contribution in [3.63, 3.8) is 0 Å². The predicted octanol–water partition coefficient (Wildman–Crippen LogP) is 9.38. The number of thiophene rings is 1. The van der Waals surface area contributed by atoms with Gasteiger partial charge < -0.3 is 4.57 Å². The Morgan fingerprint density at radius 3 is 2.30 bits per heavy atom. The minimum atomic E-state index is -0.361. The zero-order valence-electron chi connectivity index (χ0n) is 20.9. The fourth-order valence-electron chi connectivity index (χ4n) is 5.11. The summed E-state index contributed by atoms with van der Waals surface area (Å²) in [7, 11) is 0. The topological polar surface area (TPSA) is 17.8 Å². The SMILES string of the molecule is CC(C)c1cccc(C(C)C)c1-n1c(-c2[c-]cc(F)c3c2sc2cc(F)ccc23)nc2ccccc21.[Ir]. The van der Waals surface area contributed by atoms with Crippen LogP contribution in [0.1, 0.15) is 50.7 Å². The molecule has 1 radical (unpaired) electrons. The molecule has 6 heteroatoms. The Balaban J connectivity index is 0.00000280. The van der Waals surface area contributed by atoms with Crippen molar-refractivity contribution in [1.29, 1.82) is 0 Å². The van der Waals surface area contributed by atoms with Crippen LogP contribution in [0.15, 0.2) is 66.7 Å². The van der Waals surface area contributed by atoms with Crippen LogP contribution in [0.2, 0.25) is 0 Å². The van der Waals surface area contributed by atoms with Gasteiger partial charge in [-0.15, -0.1) is 12.1 Å². The maximum absolute atomic E-state index is 15.2. The summed E-state index contributed by atoms with van der Waals surface area (Å²) >= 11 is 1.38. The van der Waals surface area contributed by atoms with Crippen LogP contribution in [0.25, 0.3) is 48.3 Å². The summed E-state index contributed by atoms with van der Waals surface area (Å²) in [5.74, 6) is 0.595. The van der Waals surface area contributed by atoms with E-state index in [1.807, 2.05) is 18.2 Å². The Hall–Kier alpha value is -2.92. The van der Waals surface area contributed by atoms with Crippen LogP contribution in [0.3, 0.4) is 0 Å². The summed E-state index contributed by atoms with van der Waals surface area (Å²) < 4.78 is 32.9. The third kappa shape index (κ3) is 4.12. The van der Waals surface area contributed by atoms with Crippen LogP contribution < -0.4 is 0 Å². The number of imidazole rings is 1. The monoisotopic (exact) mass is 688 g/mol. The van der Waals surface area contributed by atoms with Gasteiger partial charge in [0.25, 0.3) is 0 Å². The van der Waals surface area contributed by atoms with Gasteiger partial charge in [-0.05, 0) is 62.7 Å². The van der Waals surface area contributed by atoms with E-state index in [9.17, 15) is 4.39 Å². The van der Waals surface area contributed by atoms with Crippen LogP contribution in [-0.4, -0.2) is 9.55 Å². The first-order valence-corrected chi connectivity index (χ1v) is 13.0. The second kappa shape index (κ2) is 9.75. The van der Waals surface area contributed by atoms with Gasteiger partial charge in [0.1, 0.15) is 5.82 Å². The molecule has 2 aromatic heterocycles. The molecular formula is C31H25F2IrN2S-. The number of nitrogens with zero attached hydrogens (tertiary/aromatic N) is 2. The molecule has 0 saturated heterocycles. The van der Waals surface area contributed by atoms with Crippen molar-refractivity contribution in [3.05, 3.63) is 95.6 Å². The molecule has 6 aromatic rings. The minimum absolute atomic E-state index is 0. The van der Waals surface area contributed by atoms with Crippen molar-refractivity contribution in [2.45, 2.75) is 39.5 Å².